The Kier molecular flexibility index (Phi) is 8.00. The van der Waals surface area contributed by atoms with Crippen LogP contribution in [-0.2, 0) is 9.59 Å². The van der Waals surface area contributed by atoms with Crippen LogP contribution in [0.2, 0.25) is 0 Å². The van der Waals surface area contributed by atoms with E-state index in [1.807, 2.05) is 25.7 Å². The second-order valence-electron chi connectivity index (χ2n) is 8.29. The third kappa shape index (κ3) is 5.35. The Hall–Kier alpha value is -0.810. The Labute approximate surface area is 152 Å². The van der Waals surface area contributed by atoms with Crippen molar-refractivity contribution in [1.82, 2.24) is 10.2 Å². The number of likely N-dealkylation sites (tertiary alicyclic amines) is 1. The highest BCUT2D eigenvalue weighted by Crippen LogP contribution is 2.33. The summed E-state index contributed by atoms with van der Waals surface area (Å²) in [5.41, 5.74) is 5.46. The molecule has 140 valence electrons. The number of nitrogens with zero attached hydrogens (tertiary/aromatic N) is 1. The average Bonchev–Trinajstić information content (AvgIpc) is 2.99. The zero-order valence-electron chi connectivity index (χ0n) is 15.3. The molecular formula is C18H34ClN3O2. The van der Waals surface area contributed by atoms with Gasteiger partial charge in [-0.3, -0.25) is 9.59 Å². The van der Waals surface area contributed by atoms with E-state index in [1.165, 1.54) is 0 Å². The highest BCUT2D eigenvalue weighted by molar-refractivity contribution is 5.85. The molecule has 2 amide bonds. The summed E-state index contributed by atoms with van der Waals surface area (Å²) in [4.78, 5) is 26.8. The summed E-state index contributed by atoms with van der Waals surface area (Å²) in [7, 11) is 0. The van der Waals surface area contributed by atoms with Crippen LogP contribution in [0.25, 0.3) is 0 Å². The highest BCUT2D eigenvalue weighted by Gasteiger charge is 2.36. The molecule has 0 spiro atoms. The van der Waals surface area contributed by atoms with E-state index in [4.69, 9.17) is 5.73 Å². The molecule has 0 aromatic carbocycles. The van der Waals surface area contributed by atoms with Crippen LogP contribution in [0, 0.1) is 23.2 Å². The first-order valence-corrected chi connectivity index (χ1v) is 9.10. The van der Waals surface area contributed by atoms with E-state index in [1.54, 1.807) is 0 Å². The molecular weight excluding hydrogens is 326 g/mol. The van der Waals surface area contributed by atoms with E-state index in [0.29, 0.717) is 30.8 Å². The third-order valence-electron chi connectivity index (χ3n) is 5.34. The second kappa shape index (κ2) is 9.04. The van der Waals surface area contributed by atoms with Gasteiger partial charge in [0, 0.05) is 31.0 Å². The van der Waals surface area contributed by atoms with Crippen molar-refractivity contribution in [3.63, 3.8) is 0 Å². The lowest BCUT2D eigenvalue weighted by Crippen LogP contribution is -2.47. The molecule has 1 unspecified atom stereocenters. The quantitative estimate of drug-likeness (QED) is 0.807. The molecule has 0 radical (unpaired) electrons. The molecule has 0 aromatic heterocycles. The predicted molar refractivity (Wildman–Crippen MR) is 98.9 cm³/mol. The topological polar surface area (TPSA) is 75.4 Å². The maximum atomic E-state index is 12.8. The Morgan fingerprint density at radius 1 is 1.17 bits per heavy atom. The van der Waals surface area contributed by atoms with Crippen molar-refractivity contribution in [3.8, 4) is 0 Å². The first-order valence-electron chi connectivity index (χ1n) is 9.10. The van der Waals surface area contributed by atoms with Gasteiger partial charge >= 0.3 is 0 Å². The molecule has 2 rings (SSSR count). The lowest BCUT2D eigenvalue weighted by Gasteiger charge is -2.35. The number of hydrogen-bond donors (Lipinski definition) is 2. The van der Waals surface area contributed by atoms with E-state index in [2.05, 4.69) is 5.32 Å². The largest absolute Gasteiger partial charge is 0.355 e. The van der Waals surface area contributed by atoms with Crippen molar-refractivity contribution < 1.29 is 9.59 Å². The minimum absolute atomic E-state index is 0. The van der Waals surface area contributed by atoms with Crippen molar-refractivity contribution >= 4 is 24.2 Å². The summed E-state index contributed by atoms with van der Waals surface area (Å²) < 4.78 is 0. The molecule has 3 atom stereocenters. The fraction of sp³-hybridized carbons (Fsp3) is 0.889. The minimum atomic E-state index is -0.359. The summed E-state index contributed by atoms with van der Waals surface area (Å²) in [6, 6.07) is 0. The van der Waals surface area contributed by atoms with E-state index in [9.17, 15) is 9.59 Å². The molecule has 5 nitrogen and oxygen atoms in total. The third-order valence-corrected chi connectivity index (χ3v) is 5.34. The van der Waals surface area contributed by atoms with E-state index >= 15 is 0 Å². The highest BCUT2D eigenvalue weighted by atomic mass is 35.5. The Morgan fingerprint density at radius 2 is 1.88 bits per heavy atom. The summed E-state index contributed by atoms with van der Waals surface area (Å²) in [6.07, 6.45) is 5.31. The monoisotopic (exact) mass is 359 g/mol. The van der Waals surface area contributed by atoms with Gasteiger partial charge in [-0.25, -0.2) is 0 Å². The van der Waals surface area contributed by atoms with Gasteiger partial charge in [0.05, 0.1) is 0 Å². The zero-order valence-corrected chi connectivity index (χ0v) is 16.2. The smallest absolute Gasteiger partial charge is 0.226 e. The Balaban J connectivity index is 0.00000288. The summed E-state index contributed by atoms with van der Waals surface area (Å²) >= 11 is 0. The van der Waals surface area contributed by atoms with E-state index in [0.717, 1.165) is 45.2 Å². The lowest BCUT2D eigenvalue weighted by molar-refractivity contribution is -0.138. The Bertz CT molecular complexity index is 436. The fourth-order valence-electron chi connectivity index (χ4n) is 3.81. The van der Waals surface area contributed by atoms with Crippen molar-refractivity contribution in [2.24, 2.45) is 28.9 Å². The number of halogens is 1. The van der Waals surface area contributed by atoms with Gasteiger partial charge in [0.1, 0.15) is 0 Å². The van der Waals surface area contributed by atoms with Gasteiger partial charge in [-0.05, 0) is 44.1 Å². The van der Waals surface area contributed by atoms with Gasteiger partial charge in [0.2, 0.25) is 11.8 Å². The van der Waals surface area contributed by atoms with Crippen molar-refractivity contribution in [2.45, 2.75) is 52.9 Å². The number of carbonyl (C=O) groups excluding carboxylic acids is 2. The van der Waals surface area contributed by atoms with Gasteiger partial charge < -0.3 is 16.0 Å². The number of carbonyl (C=O) groups is 2. The van der Waals surface area contributed by atoms with Crippen molar-refractivity contribution in [1.29, 1.82) is 0 Å². The van der Waals surface area contributed by atoms with Crippen LogP contribution < -0.4 is 11.1 Å². The molecule has 1 aliphatic carbocycles. The molecule has 6 heteroatoms. The summed E-state index contributed by atoms with van der Waals surface area (Å²) in [6.45, 7) is 8.69. The molecule has 1 saturated heterocycles. The maximum absolute atomic E-state index is 12.8. The number of nitrogens with two attached hydrogens (primary N) is 1. The van der Waals surface area contributed by atoms with Crippen LogP contribution >= 0.6 is 12.4 Å². The SMILES string of the molecule is CC(C)(C)C(=O)NCC1CCCN(C(=O)[C@@H]2CCC[C@@H]2CN)C1.Cl. The molecule has 1 saturated carbocycles. The maximum Gasteiger partial charge on any atom is 0.226 e. The Morgan fingerprint density at radius 3 is 2.50 bits per heavy atom. The van der Waals surface area contributed by atoms with Crippen LogP contribution in [0.1, 0.15) is 52.9 Å². The first-order chi connectivity index (χ1) is 10.8. The van der Waals surface area contributed by atoms with Gasteiger partial charge in [-0.2, -0.15) is 0 Å². The lowest BCUT2D eigenvalue weighted by atomic mass is 9.91. The van der Waals surface area contributed by atoms with Gasteiger partial charge in [0.15, 0.2) is 0 Å². The van der Waals surface area contributed by atoms with Crippen LogP contribution in [0.15, 0.2) is 0 Å². The molecule has 2 aliphatic rings. The van der Waals surface area contributed by atoms with Crippen molar-refractivity contribution in [3.05, 3.63) is 0 Å². The standard InChI is InChI=1S/C18H33N3O2.ClH/c1-18(2,3)17(23)20-11-13-6-5-9-21(12-13)16(22)15-8-4-7-14(15)10-19;/h13-15H,4-12,19H2,1-3H3,(H,20,23);1H/t13?,14-,15-;/m1./s1. The fourth-order valence-corrected chi connectivity index (χ4v) is 3.81. The first kappa shape index (κ1) is 21.2. The molecule has 0 aromatic rings. The van der Waals surface area contributed by atoms with Gasteiger partial charge in [0.25, 0.3) is 0 Å². The second-order valence-corrected chi connectivity index (χ2v) is 8.29. The molecule has 1 aliphatic heterocycles. The van der Waals surface area contributed by atoms with E-state index < -0.39 is 0 Å². The van der Waals surface area contributed by atoms with E-state index in [-0.39, 0.29) is 29.6 Å². The number of piperidine rings is 1. The average molecular weight is 360 g/mol. The van der Waals surface area contributed by atoms with Crippen LogP contribution in [0.3, 0.4) is 0 Å². The summed E-state index contributed by atoms with van der Waals surface area (Å²) in [5, 5.41) is 3.04. The zero-order chi connectivity index (χ0) is 17.0. The molecule has 1 heterocycles. The number of nitrogens with one attached hydrogen (secondary N) is 1. The predicted octanol–water partition coefficient (Wildman–Crippen LogP) is 2.18. The molecule has 24 heavy (non-hydrogen) atoms. The number of rotatable bonds is 4. The van der Waals surface area contributed by atoms with Crippen LogP contribution in [0.4, 0.5) is 0 Å². The summed E-state index contributed by atoms with van der Waals surface area (Å²) in [5.74, 6) is 1.24. The van der Waals surface area contributed by atoms with Gasteiger partial charge in [-0.1, -0.05) is 27.2 Å². The molecule has 2 fully saturated rings. The minimum Gasteiger partial charge on any atom is -0.355 e. The number of amides is 2. The molecule has 3 N–H and O–H groups in total. The number of hydrogen-bond acceptors (Lipinski definition) is 3. The van der Waals surface area contributed by atoms with Gasteiger partial charge in [-0.15, -0.1) is 12.4 Å². The van der Waals surface area contributed by atoms with Crippen LogP contribution in [0.5, 0.6) is 0 Å². The normalized spacial score (nSPS) is 27.5. The van der Waals surface area contributed by atoms with Crippen molar-refractivity contribution in [2.75, 3.05) is 26.2 Å². The van der Waals surface area contributed by atoms with Crippen LogP contribution in [-0.4, -0.2) is 42.9 Å². The molecule has 0 bridgehead atoms.